The SMILES string of the molecule is CCNC(=O)CNc1nonc1C#N. The zero-order valence-corrected chi connectivity index (χ0v) is 7.57. The van der Waals surface area contributed by atoms with E-state index in [9.17, 15) is 4.79 Å². The molecule has 0 saturated carbocycles. The maximum atomic E-state index is 11.0. The van der Waals surface area contributed by atoms with E-state index in [1.807, 2.05) is 6.92 Å². The quantitative estimate of drug-likeness (QED) is 0.670. The highest BCUT2D eigenvalue weighted by atomic mass is 16.6. The maximum Gasteiger partial charge on any atom is 0.239 e. The van der Waals surface area contributed by atoms with Crippen molar-refractivity contribution in [3.63, 3.8) is 0 Å². The second-order valence-electron chi connectivity index (χ2n) is 2.38. The van der Waals surface area contributed by atoms with Crippen LogP contribution in [0.4, 0.5) is 5.82 Å². The van der Waals surface area contributed by atoms with Crippen LogP contribution in [-0.4, -0.2) is 29.3 Å². The fraction of sp³-hybridized carbons (Fsp3) is 0.429. The standard InChI is InChI=1S/C7H9N5O2/c1-2-9-6(13)4-10-7-5(3-8)11-14-12-7/h2,4H2,1H3,(H,9,13)(H,10,12). The van der Waals surface area contributed by atoms with Crippen LogP contribution in [0, 0.1) is 11.3 Å². The molecule has 0 atom stereocenters. The third-order valence-electron chi connectivity index (χ3n) is 1.38. The molecule has 74 valence electrons. The molecule has 0 radical (unpaired) electrons. The number of carbonyl (C=O) groups is 1. The molecule has 1 amide bonds. The molecule has 0 unspecified atom stereocenters. The zero-order valence-electron chi connectivity index (χ0n) is 7.57. The third-order valence-corrected chi connectivity index (χ3v) is 1.38. The maximum absolute atomic E-state index is 11.0. The Labute approximate surface area is 80.0 Å². The van der Waals surface area contributed by atoms with Crippen molar-refractivity contribution in [1.82, 2.24) is 15.6 Å². The average molecular weight is 195 g/mol. The van der Waals surface area contributed by atoms with Gasteiger partial charge in [0.05, 0.1) is 6.54 Å². The fourth-order valence-electron chi connectivity index (χ4n) is 0.802. The summed E-state index contributed by atoms with van der Waals surface area (Å²) in [4.78, 5) is 11.0. The molecule has 1 heterocycles. The predicted molar refractivity (Wildman–Crippen MR) is 46.2 cm³/mol. The number of carbonyl (C=O) groups excluding carboxylic acids is 1. The lowest BCUT2D eigenvalue weighted by Crippen LogP contribution is -2.29. The monoisotopic (exact) mass is 195 g/mol. The van der Waals surface area contributed by atoms with E-state index >= 15 is 0 Å². The van der Waals surface area contributed by atoms with Gasteiger partial charge in [-0.05, 0) is 17.2 Å². The Balaban J connectivity index is 2.46. The van der Waals surface area contributed by atoms with Gasteiger partial charge in [-0.1, -0.05) is 0 Å². The van der Waals surface area contributed by atoms with Gasteiger partial charge in [0.1, 0.15) is 6.07 Å². The summed E-state index contributed by atoms with van der Waals surface area (Å²) in [7, 11) is 0. The highest BCUT2D eigenvalue weighted by molar-refractivity contribution is 5.80. The Morgan fingerprint density at radius 1 is 1.64 bits per heavy atom. The highest BCUT2D eigenvalue weighted by Crippen LogP contribution is 2.05. The van der Waals surface area contributed by atoms with Crippen molar-refractivity contribution in [2.45, 2.75) is 6.92 Å². The number of amides is 1. The molecular formula is C7H9N5O2. The van der Waals surface area contributed by atoms with E-state index < -0.39 is 0 Å². The number of anilines is 1. The minimum Gasteiger partial charge on any atom is -0.356 e. The Bertz CT molecular complexity index is 353. The Morgan fingerprint density at radius 2 is 2.43 bits per heavy atom. The van der Waals surface area contributed by atoms with Gasteiger partial charge in [-0.2, -0.15) is 5.26 Å². The Morgan fingerprint density at radius 3 is 3.07 bits per heavy atom. The molecule has 0 aliphatic rings. The molecule has 0 aromatic carbocycles. The fourth-order valence-corrected chi connectivity index (χ4v) is 0.802. The molecule has 7 heteroatoms. The van der Waals surface area contributed by atoms with Gasteiger partial charge in [-0.15, -0.1) is 0 Å². The van der Waals surface area contributed by atoms with Crippen molar-refractivity contribution in [3.05, 3.63) is 5.69 Å². The van der Waals surface area contributed by atoms with Crippen molar-refractivity contribution < 1.29 is 9.42 Å². The van der Waals surface area contributed by atoms with Crippen molar-refractivity contribution in [2.75, 3.05) is 18.4 Å². The first-order valence-electron chi connectivity index (χ1n) is 4.01. The van der Waals surface area contributed by atoms with Gasteiger partial charge in [-0.25, -0.2) is 4.63 Å². The number of aromatic nitrogens is 2. The van der Waals surface area contributed by atoms with Crippen molar-refractivity contribution in [2.24, 2.45) is 0 Å². The highest BCUT2D eigenvalue weighted by Gasteiger charge is 2.09. The third kappa shape index (κ3) is 2.45. The number of likely N-dealkylation sites (N-methyl/N-ethyl adjacent to an activating group) is 1. The molecule has 2 N–H and O–H groups in total. The first-order valence-corrected chi connectivity index (χ1v) is 4.01. The zero-order chi connectivity index (χ0) is 10.4. The van der Waals surface area contributed by atoms with E-state index in [2.05, 4.69) is 25.6 Å². The van der Waals surface area contributed by atoms with Crippen molar-refractivity contribution in [3.8, 4) is 6.07 Å². The van der Waals surface area contributed by atoms with Crippen LogP contribution in [0.3, 0.4) is 0 Å². The van der Waals surface area contributed by atoms with E-state index in [0.29, 0.717) is 6.54 Å². The normalized spacial score (nSPS) is 9.14. The van der Waals surface area contributed by atoms with Gasteiger partial charge < -0.3 is 10.6 Å². The number of hydrogen-bond acceptors (Lipinski definition) is 6. The summed E-state index contributed by atoms with van der Waals surface area (Å²) >= 11 is 0. The van der Waals surface area contributed by atoms with Crippen LogP contribution < -0.4 is 10.6 Å². The lowest BCUT2D eigenvalue weighted by Gasteiger charge is -2.01. The van der Waals surface area contributed by atoms with Gasteiger partial charge in [0.15, 0.2) is 0 Å². The van der Waals surface area contributed by atoms with Crippen LogP contribution in [0.5, 0.6) is 0 Å². The van der Waals surface area contributed by atoms with Crippen LogP contribution >= 0.6 is 0 Å². The van der Waals surface area contributed by atoms with Gasteiger partial charge >= 0.3 is 0 Å². The Kier molecular flexibility index (Phi) is 3.43. The van der Waals surface area contributed by atoms with Gasteiger partial charge in [-0.3, -0.25) is 4.79 Å². The van der Waals surface area contributed by atoms with Crippen LogP contribution in [0.1, 0.15) is 12.6 Å². The average Bonchev–Trinajstić information content (AvgIpc) is 2.62. The smallest absolute Gasteiger partial charge is 0.239 e. The molecule has 0 fully saturated rings. The van der Waals surface area contributed by atoms with E-state index in [0.717, 1.165) is 0 Å². The number of nitriles is 1. The summed E-state index contributed by atoms with van der Waals surface area (Å²) in [6, 6.07) is 1.77. The van der Waals surface area contributed by atoms with Gasteiger partial charge in [0, 0.05) is 6.54 Å². The first-order chi connectivity index (χ1) is 6.77. The van der Waals surface area contributed by atoms with E-state index in [1.165, 1.54) is 0 Å². The Hall–Kier alpha value is -2.10. The van der Waals surface area contributed by atoms with Crippen molar-refractivity contribution >= 4 is 11.7 Å². The number of nitrogens with one attached hydrogen (secondary N) is 2. The molecule has 7 nitrogen and oxygen atoms in total. The van der Waals surface area contributed by atoms with E-state index in [-0.39, 0.29) is 24.0 Å². The van der Waals surface area contributed by atoms with E-state index in [4.69, 9.17) is 5.26 Å². The molecule has 0 saturated heterocycles. The summed E-state index contributed by atoms with van der Waals surface area (Å²) in [6.45, 7) is 2.41. The van der Waals surface area contributed by atoms with Gasteiger partial charge in [0.2, 0.25) is 17.4 Å². The number of rotatable bonds is 4. The second-order valence-corrected chi connectivity index (χ2v) is 2.38. The van der Waals surface area contributed by atoms with Crippen LogP contribution in [0.2, 0.25) is 0 Å². The summed E-state index contributed by atoms with van der Waals surface area (Å²) < 4.78 is 4.31. The first kappa shape index (κ1) is 9.98. The van der Waals surface area contributed by atoms with Crippen molar-refractivity contribution in [1.29, 1.82) is 5.26 Å². The van der Waals surface area contributed by atoms with Gasteiger partial charge in [0.25, 0.3) is 0 Å². The van der Waals surface area contributed by atoms with Crippen LogP contribution in [0.25, 0.3) is 0 Å². The minimum absolute atomic E-state index is 0.0364. The molecule has 0 spiro atoms. The molecule has 14 heavy (non-hydrogen) atoms. The second kappa shape index (κ2) is 4.81. The molecule has 0 aliphatic carbocycles. The van der Waals surface area contributed by atoms with Crippen LogP contribution in [-0.2, 0) is 4.79 Å². The number of nitrogens with zero attached hydrogens (tertiary/aromatic N) is 3. The summed E-state index contributed by atoms with van der Waals surface area (Å²) in [5, 5.41) is 20.5. The predicted octanol–water partition coefficient (Wildman–Crippen LogP) is -0.511. The lowest BCUT2D eigenvalue weighted by atomic mass is 10.4. The number of hydrogen-bond donors (Lipinski definition) is 2. The summed E-state index contributed by atoms with van der Waals surface area (Å²) in [5.74, 6) is -0.00172. The van der Waals surface area contributed by atoms with E-state index in [1.54, 1.807) is 6.07 Å². The largest absolute Gasteiger partial charge is 0.356 e. The molecule has 0 bridgehead atoms. The minimum atomic E-state index is -0.181. The molecule has 0 aliphatic heterocycles. The van der Waals surface area contributed by atoms with Crippen LogP contribution in [0.15, 0.2) is 4.63 Å². The molecule has 1 aromatic heterocycles. The molecule has 1 rings (SSSR count). The molecular weight excluding hydrogens is 186 g/mol. The molecule has 1 aromatic rings. The summed E-state index contributed by atoms with van der Waals surface area (Å²) in [5.41, 5.74) is 0.0364. The topological polar surface area (TPSA) is 104 Å². The lowest BCUT2D eigenvalue weighted by molar-refractivity contribution is -0.119. The summed E-state index contributed by atoms with van der Waals surface area (Å²) in [6.07, 6.45) is 0.